The van der Waals surface area contributed by atoms with Gasteiger partial charge in [-0.15, -0.1) is 0 Å². The molecule has 0 aliphatic carbocycles. The normalized spacial score (nSPS) is 13.8. The molecule has 40 heavy (non-hydrogen) atoms. The van der Waals surface area contributed by atoms with Gasteiger partial charge in [0.25, 0.3) is 5.91 Å². The molecular weight excluding hydrogens is 560 g/mol. The molecule has 1 N–H and O–H groups in total. The van der Waals surface area contributed by atoms with E-state index >= 15 is 0 Å². The number of rotatable bonds is 8. The molecule has 0 fully saturated rings. The molecule has 0 saturated heterocycles. The number of hydrogen-bond donors (Lipinski definition) is 1. The van der Waals surface area contributed by atoms with E-state index in [0.29, 0.717) is 52.8 Å². The molecule has 1 amide bonds. The zero-order valence-electron chi connectivity index (χ0n) is 21.8. The molecule has 198 valence electrons. The second-order valence-electron chi connectivity index (χ2n) is 9.13. The van der Waals surface area contributed by atoms with Gasteiger partial charge in [0, 0.05) is 40.6 Å². The van der Waals surface area contributed by atoms with Crippen molar-refractivity contribution in [2.24, 2.45) is 0 Å². The number of fused-ring (bicyclic) bond motifs is 1. The van der Waals surface area contributed by atoms with Gasteiger partial charge in [-0.05, 0) is 72.0 Å². The van der Waals surface area contributed by atoms with Gasteiger partial charge in [0.2, 0.25) is 0 Å². The van der Waals surface area contributed by atoms with Crippen molar-refractivity contribution in [2.45, 2.75) is 18.8 Å². The van der Waals surface area contributed by atoms with Crippen LogP contribution in [0.25, 0.3) is 11.1 Å². The first-order valence-corrected chi connectivity index (χ1v) is 13.2. The summed E-state index contributed by atoms with van der Waals surface area (Å²) < 4.78 is 11.5. The van der Waals surface area contributed by atoms with Crippen molar-refractivity contribution in [3.05, 3.63) is 112 Å². The largest absolute Gasteiger partial charge is 1.00 e. The molecule has 5 rings (SSSR count). The Kier molecular flexibility index (Phi) is 10.2. The Morgan fingerprint density at radius 1 is 0.975 bits per heavy atom. The van der Waals surface area contributed by atoms with Crippen molar-refractivity contribution < 1.29 is 53.7 Å². The van der Waals surface area contributed by atoms with Crippen LogP contribution in [-0.4, -0.2) is 25.0 Å². The van der Waals surface area contributed by atoms with E-state index in [1.807, 2.05) is 36.4 Å². The molecule has 1 heterocycles. The molecule has 0 bridgehead atoms. The zero-order chi connectivity index (χ0) is 27.4. The fourth-order valence-electron chi connectivity index (χ4n) is 4.58. The number of carboxylic acid groups (broad SMARTS) is 1. The zero-order valence-corrected chi connectivity index (χ0v) is 25.3. The summed E-state index contributed by atoms with van der Waals surface area (Å²) in [5, 5.41) is 15.3. The summed E-state index contributed by atoms with van der Waals surface area (Å²) in [6.07, 6.45) is 0.994. The number of benzene rings is 4. The molecule has 1 aliphatic heterocycles. The number of carboxylic acids is 1. The predicted molar refractivity (Wildman–Crippen MR) is 149 cm³/mol. The summed E-state index contributed by atoms with van der Waals surface area (Å²) in [6.45, 7) is 0.739. The van der Waals surface area contributed by atoms with Crippen LogP contribution in [0, 0.1) is 0 Å². The van der Waals surface area contributed by atoms with Crippen molar-refractivity contribution in [3.63, 3.8) is 0 Å². The molecular formula is C31H24Cl2NNaO5. The standard InChI is InChI=1S/C31H25Cl2NO5.Na/c32-22-9-5-20(6-10-22)24-4-2-1-3-19(24)13-15-34-30(35)21-7-11-23(12-8-21)39-29-18-28-26(17-27(29)33)25(31(36)37)14-16-38-28;/h1-12,17-18,25H,13-16H2,(H,34,35)(H,36,37);/q;+1/p-1. The molecule has 1 atom stereocenters. The monoisotopic (exact) mass is 583 g/mol. The fourth-order valence-corrected chi connectivity index (χ4v) is 4.91. The van der Waals surface area contributed by atoms with Gasteiger partial charge in [-0.25, -0.2) is 0 Å². The maximum atomic E-state index is 12.7. The van der Waals surface area contributed by atoms with Gasteiger partial charge in [0.1, 0.15) is 17.2 Å². The Labute approximate surface area is 264 Å². The van der Waals surface area contributed by atoms with Gasteiger partial charge in [-0.2, -0.15) is 0 Å². The molecule has 0 radical (unpaired) electrons. The molecule has 4 aromatic rings. The molecule has 0 saturated carbocycles. The third-order valence-corrected chi connectivity index (χ3v) is 7.13. The Bertz CT molecular complexity index is 1510. The Balaban J connectivity index is 0.00000370. The number of carbonyl (C=O) groups excluding carboxylic acids is 2. The third kappa shape index (κ3) is 7.00. The van der Waals surface area contributed by atoms with E-state index in [1.165, 1.54) is 0 Å². The third-order valence-electron chi connectivity index (χ3n) is 6.59. The van der Waals surface area contributed by atoms with E-state index in [1.54, 1.807) is 36.4 Å². The van der Waals surface area contributed by atoms with Gasteiger partial charge >= 0.3 is 29.6 Å². The van der Waals surface area contributed by atoms with Crippen molar-refractivity contribution in [3.8, 4) is 28.4 Å². The maximum Gasteiger partial charge on any atom is 1.00 e. The van der Waals surface area contributed by atoms with Crippen LogP contribution >= 0.6 is 23.2 Å². The van der Waals surface area contributed by atoms with Gasteiger partial charge in [0.05, 0.1) is 11.6 Å². The smallest absolute Gasteiger partial charge is 0.549 e. The Hall–Kier alpha value is -3.00. The number of nitrogens with one attached hydrogen (secondary N) is 1. The predicted octanol–water partition coefficient (Wildman–Crippen LogP) is 3.05. The average molecular weight is 584 g/mol. The summed E-state index contributed by atoms with van der Waals surface area (Å²) in [7, 11) is 0. The van der Waals surface area contributed by atoms with E-state index in [0.717, 1.165) is 16.7 Å². The van der Waals surface area contributed by atoms with E-state index in [-0.39, 0.29) is 47.1 Å². The summed E-state index contributed by atoms with van der Waals surface area (Å²) in [4.78, 5) is 24.2. The molecule has 9 heteroatoms. The first-order valence-electron chi connectivity index (χ1n) is 12.5. The molecule has 0 aromatic heterocycles. The van der Waals surface area contributed by atoms with Crippen LogP contribution in [0.5, 0.6) is 17.2 Å². The molecule has 6 nitrogen and oxygen atoms in total. The number of aliphatic carboxylic acids is 1. The number of hydrogen-bond acceptors (Lipinski definition) is 5. The second-order valence-corrected chi connectivity index (χ2v) is 9.97. The number of ether oxygens (including phenoxy) is 2. The van der Waals surface area contributed by atoms with Crippen LogP contribution < -0.4 is 49.5 Å². The fraction of sp³-hybridized carbons (Fsp3) is 0.161. The van der Waals surface area contributed by atoms with Crippen molar-refractivity contribution >= 4 is 35.1 Å². The first-order chi connectivity index (χ1) is 18.9. The summed E-state index contributed by atoms with van der Waals surface area (Å²) in [5.74, 6) is -0.931. The van der Waals surface area contributed by atoms with E-state index < -0.39 is 11.9 Å². The van der Waals surface area contributed by atoms with Gasteiger partial charge in [-0.3, -0.25) is 4.79 Å². The molecule has 1 unspecified atom stereocenters. The minimum absolute atomic E-state index is 0. The molecule has 0 spiro atoms. The number of amides is 1. The quantitative estimate of drug-likeness (QED) is 0.322. The maximum absolute atomic E-state index is 12.7. The SMILES string of the molecule is O=C(NCCc1ccccc1-c1ccc(Cl)cc1)c1ccc(Oc2cc3c(cc2Cl)C(C(=O)[O-])CCO3)cc1.[Na+]. The van der Waals surface area contributed by atoms with E-state index in [9.17, 15) is 14.7 Å². The Morgan fingerprint density at radius 2 is 1.70 bits per heavy atom. The summed E-state index contributed by atoms with van der Waals surface area (Å²) >= 11 is 12.4. The minimum atomic E-state index is -1.16. The molecule has 4 aromatic carbocycles. The van der Waals surface area contributed by atoms with Crippen LogP contribution in [0.4, 0.5) is 0 Å². The second kappa shape index (κ2) is 13.6. The van der Waals surface area contributed by atoms with Crippen molar-refractivity contribution in [2.75, 3.05) is 13.2 Å². The summed E-state index contributed by atoms with van der Waals surface area (Å²) in [5.41, 5.74) is 4.26. The Morgan fingerprint density at radius 3 is 2.42 bits per heavy atom. The van der Waals surface area contributed by atoms with Crippen LogP contribution in [0.1, 0.15) is 33.8 Å². The first kappa shape index (κ1) is 30.0. The van der Waals surface area contributed by atoms with Crippen LogP contribution in [0.3, 0.4) is 0 Å². The number of halogens is 2. The van der Waals surface area contributed by atoms with Crippen molar-refractivity contribution in [1.82, 2.24) is 5.32 Å². The van der Waals surface area contributed by atoms with E-state index in [2.05, 4.69) is 17.4 Å². The minimum Gasteiger partial charge on any atom is -0.549 e. The van der Waals surface area contributed by atoms with Gasteiger partial charge < -0.3 is 24.7 Å². The van der Waals surface area contributed by atoms with E-state index in [4.69, 9.17) is 32.7 Å². The van der Waals surface area contributed by atoms with Gasteiger partial charge in [-0.1, -0.05) is 59.6 Å². The van der Waals surface area contributed by atoms with Crippen molar-refractivity contribution in [1.29, 1.82) is 0 Å². The average Bonchev–Trinajstić information content (AvgIpc) is 2.94. The number of carbonyl (C=O) groups is 2. The topological polar surface area (TPSA) is 87.7 Å². The summed E-state index contributed by atoms with van der Waals surface area (Å²) in [6, 6.07) is 25.6. The van der Waals surface area contributed by atoms with Gasteiger partial charge in [0.15, 0.2) is 0 Å². The van der Waals surface area contributed by atoms with Crippen LogP contribution in [0.15, 0.2) is 84.9 Å². The van der Waals surface area contributed by atoms with Crippen LogP contribution in [-0.2, 0) is 11.2 Å². The molecule has 1 aliphatic rings. The van der Waals surface area contributed by atoms with Crippen LogP contribution in [0.2, 0.25) is 10.0 Å².